The zero-order valence-electron chi connectivity index (χ0n) is 17.9. The van der Waals surface area contributed by atoms with Crippen LogP contribution in [0.25, 0.3) is 0 Å². The Morgan fingerprint density at radius 1 is 1.26 bits per heavy atom. The quantitative estimate of drug-likeness (QED) is 0.606. The summed E-state index contributed by atoms with van der Waals surface area (Å²) in [5.41, 5.74) is 0.960. The molecule has 31 heavy (non-hydrogen) atoms. The molecular weight excluding hydrogens is 417 g/mol. The van der Waals surface area contributed by atoms with Gasteiger partial charge in [0.1, 0.15) is 10.8 Å². The molecule has 9 heteroatoms. The Morgan fingerprint density at radius 3 is 2.81 bits per heavy atom. The molecule has 7 nitrogen and oxygen atoms in total. The van der Waals surface area contributed by atoms with Crippen LogP contribution in [0.15, 0.2) is 35.4 Å². The Balaban J connectivity index is 1.49. The van der Waals surface area contributed by atoms with Crippen molar-refractivity contribution in [1.82, 2.24) is 15.5 Å². The van der Waals surface area contributed by atoms with Gasteiger partial charge in [0.05, 0.1) is 11.7 Å². The van der Waals surface area contributed by atoms with Crippen LogP contribution in [0.5, 0.6) is 0 Å². The fourth-order valence-electron chi connectivity index (χ4n) is 3.36. The van der Waals surface area contributed by atoms with Gasteiger partial charge in [-0.15, -0.1) is 10.2 Å². The van der Waals surface area contributed by atoms with Crippen LogP contribution in [0.1, 0.15) is 31.7 Å². The van der Waals surface area contributed by atoms with E-state index in [0.29, 0.717) is 29.4 Å². The van der Waals surface area contributed by atoms with Crippen molar-refractivity contribution in [1.29, 1.82) is 0 Å². The van der Waals surface area contributed by atoms with Gasteiger partial charge in [0, 0.05) is 25.3 Å². The number of carbonyl (C=O) groups excluding carboxylic acids is 2. The van der Waals surface area contributed by atoms with E-state index in [1.54, 1.807) is 19.1 Å². The highest BCUT2D eigenvalue weighted by Gasteiger charge is 2.26. The van der Waals surface area contributed by atoms with Crippen LogP contribution in [-0.4, -0.2) is 47.4 Å². The summed E-state index contributed by atoms with van der Waals surface area (Å²) in [7, 11) is 0. The normalized spacial score (nSPS) is 16.1. The van der Waals surface area contributed by atoms with Gasteiger partial charge in [-0.2, -0.15) is 0 Å². The van der Waals surface area contributed by atoms with Crippen molar-refractivity contribution in [3.8, 4) is 0 Å². The second-order valence-electron chi connectivity index (χ2n) is 7.61. The molecule has 2 aromatic rings. The number of hydrogen-bond donors (Lipinski definition) is 2. The lowest BCUT2D eigenvalue weighted by atomic mass is 9.97. The first-order chi connectivity index (χ1) is 15.0. The zero-order valence-corrected chi connectivity index (χ0v) is 18.7. The summed E-state index contributed by atoms with van der Waals surface area (Å²) in [5, 5.41) is 14.8. The molecule has 2 heterocycles. The standard InChI is InChI=1S/C22H28FN5O2S/c1-3-10-24-22(30)16-5-4-11-28(13-16)19-8-9-21(27-26-19)31-14-20(29)25-17-7-6-15(2)18(23)12-17/h6-9,12,16H,3-5,10-11,13-14H2,1-2H3,(H,24,30)(H,25,29)/t16-/m1/s1. The summed E-state index contributed by atoms with van der Waals surface area (Å²) in [5.74, 6) is 0.354. The minimum atomic E-state index is -0.352. The second kappa shape index (κ2) is 11.1. The van der Waals surface area contributed by atoms with Gasteiger partial charge in [-0.05, 0) is 56.0 Å². The maximum atomic E-state index is 13.6. The molecule has 1 saturated heterocycles. The molecule has 0 unspecified atom stereocenters. The molecule has 0 bridgehead atoms. The Morgan fingerprint density at radius 2 is 2.10 bits per heavy atom. The average molecular weight is 446 g/mol. The predicted octanol–water partition coefficient (Wildman–Crippen LogP) is 3.40. The van der Waals surface area contributed by atoms with E-state index < -0.39 is 0 Å². The number of piperidine rings is 1. The highest BCUT2D eigenvalue weighted by atomic mass is 32.2. The van der Waals surface area contributed by atoms with Crippen LogP contribution in [0.4, 0.5) is 15.9 Å². The van der Waals surface area contributed by atoms with E-state index in [4.69, 9.17) is 0 Å². The van der Waals surface area contributed by atoms with E-state index in [9.17, 15) is 14.0 Å². The zero-order chi connectivity index (χ0) is 22.2. The molecule has 166 valence electrons. The number of hydrogen-bond acceptors (Lipinski definition) is 6. The van der Waals surface area contributed by atoms with Crippen LogP contribution >= 0.6 is 11.8 Å². The molecule has 1 fully saturated rings. The summed E-state index contributed by atoms with van der Waals surface area (Å²) in [4.78, 5) is 26.5. The molecule has 1 atom stereocenters. The van der Waals surface area contributed by atoms with E-state index >= 15 is 0 Å². The fraction of sp³-hybridized carbons (Fsp3) is 0.455. The minimum Gasteiger partial charge on any atom is -0.356 e. The summed E-state index contributed by atoms with van der Waals surface area (Å²) >= 11 is 1.26. The largest absolute Gasteiger partial charge is 0.356 e. The van der Waals surface area contributed by atoms with E-state index in [1.807, 2.05) is 19.1 Å². The summed E-state index contributed by atoms with van der Waals surface area (Å²) in [6.07, 6.45) is 2.74. The Hall–Kier alpha value is -2.68. The molecule has 1 aliphatic heterocycles. The fourth-order valence-corrected chi connectivity index (χ4v) is 3.97. The van der Waals surface area contributed by atoms with Crippen LogP contribution in [0.3, 0.4) is 0 Å². The Kier molecular flexibility index (Phi) is 8.22. The van der Waals surface area contributed by atoms with Gasteiger partial charge >= 0.3 is 0 Å². The maximum absolute atomic E-state index is 13.6. The van der Waals surface area contributed by atoms with Crippen molar-refractivity contribution in [3.05, 3.63) is 41.7 Å². The predicted molar refractivity (Wildman–Crippen MR) is 121 cm³/mol. The molecule has 0 saturated carbocycles. The number of rotatable bonds is 8. The smallest absolute Gasteiger partial charge is 0.234 e. The lowest BCUT2D eigenvalue weighted by Gasteiger charge is -2.32. The molecule has 0 radical (unpaired) electrons. The molecule has 1 aromatic heterocycles. The van der Waals surface area contributed by atoms with Gasteiger partial charge in [-0.1, -0.05) is 24.8 Å². The number of amides is 2. The molecule has 1 aliphatic rings. The third kappa shape index (κ3) is 6.65. The molecule has 0 spiro atoms. The van der Waals surface area contributed by atoms with Crippen LogP contribution in [0, 0.1) is 18.7 Å². The first kappa shape index (κ1) is 23.0. The highest BCUT2D eigenvalue weighted by Crippen LogP contribution is 2.23. The van der Waals surface area contributed by atoms with Gasteiger partial charge in [0.25, 0.3) is 0 Å². The van der Waals surface area contributed by atoms with E-state index in [1.165, 1.54) is 17.8 Å². The van der Waals surface area contributed by atoms with Crippen LogP contribution < -0.4 is 15.5 Å². The Bertz CT molecular complexity index is 909. The number of carbonyl (C=O) groups is 2. The SMILES string of the molecule is CCCNC(=O)[C@@H]1CCCN(c2ccc(SCC(=O)Nc3ccc(C)c(F)c3)nn2)C1. The lowest BCUT2D eigenvalue weighted by Crippen LogP contribution is -2.43. The maximum Gasteiger partial charge on any atom is 0.234 e. The van der Waals surface area contributed by atoms with E-state index in [0.717, 1.165) is 31.6 Å². The van der Waals surface area contributed by atoms with Gasteiger partial charge in [0.15, 0.2) is 5.82 Å². The number of nitrogens with one attached hydrogen (secondary N) is 2. The van der Waals surface area contributed by atoms with E-state index in [-0.39, 0.29) is 29.3 Å². The van der Waals surface area contributed by atoms with Gasteiger partial charge in [-0.25, -0.2) is 4.39 Å². The van der Waals surface area contributed by atoms with Crippen molar-refractivity contribution < 1.29 is 14.0 Å². The van der Waals surface area contributed by atoms with Crippen molar-refractivity contribution in [2.24, 2.45) is 5.92 Å². The molecule has 1 aromatic carbocycles. The minimum absolute atomic E-state index is 0.0357. The number of halogens is 1. The number of aromatic nitrogens is 2. The topological polar surface area (TPSA) is 87.2 Å². The monoisotopic (exact) mass is 445 g/mol. The second-order valence-corrected chi connectivity index (χ2v) is 8.60. The molecule has 2 N–H and O–H groups in total. The van der Waals surface area contributed by atoms with Crippen molar-refractivity contribution in [2.75, 3.05) is 35.6 Å². The van der Waals surface area contributed by atoms with Gasteiger partial charge in [-0.3, -0.25) is 9.59 Å². The third-order valence-corrected chi connectivity index (χ3v) is 6.02. The van der Waals surface area contributed by atoms with Crippen LogP contribution in [0.2, 0.25) is 0 Å². The molecule has 3 rings (SSSR count). The first-order valence-electron chi connectivity index (χ1n) is 10.5. The summed E-state index contributed by atoms with van der Waals surface area (Å²) < 4.78 is 13.6. The molecular formula is C22H28FN5O2S. The Labute approximate surface area is 186 Å². The summed E-state index contributed by atoms with van der Waals surface area (Å²) in [6.45, 7) is 5.88. The number of anilines is 2. The lowest BCUT2D eigenvalue weighted by molar-refractivity contribution is -0.125. The van der Waals surface area contributed by atoms with E-state index in [2.05, 4.69) is 25.7 Å². The number of thioether (sulfide) groups is 1. The first-order valence-corrected chi connectivity index (χ1v) is 11.5. The average Bonchev–Trinajstić information content (AvgIpc) is 2.79. The number of aryl methyl sites for hydroxylation is 1. The summed E-state index contributed by atoms with van der Waals surface area (Å²) in [6, 6.07) is 8.30. The van der Waals surface area contributed by atoms with Gasteiger partial charge < -0.3 is 15.5 Å². The third-order valence-electron chi connectivity index (χ3n) is 5.10. The highest BCUT2D eigenvalue weighted by molar-refractivity contribution is 7.99. The number of nitrogens with zero attached hydrogens (tertiary/aromatic N) is 3. The number of benzene rings is 1. The van der Waals surface area contributed by atoms with Crippen molar-refractivity contribution in [2.45, 2.75) is 38.1 Å². The molecule has 0 aliphatic carbocycles. The van der Waals surface area contributed by atoms with Gasteiger partial charge in [0.2, 0.25) is 11.8 Å². The van der Waals surface area contributed by atoms with Crippen molar-refractivity contribution >= 4 is 35.1 Å². The van der Waals surface area contributed by atoms with Crippen LogP contribution in [-0.2, 0) is 9.59 Å². The van der Waals surface area contributed by atoms with Crippen molar-refractivity contribution in [3.63, 3.8) is 0 Å². The molecule has 2 amide bonds.